The molecule has 1 saturated heterocycles. The maximum absolute atomic E-state index is 11.0. The first-order valence-corrected chi connectivity index (χ1v) is 6.83. The lowest BCUT2D eigenvalue weighted by atomic mass is 9.59. The summed E-state index contributed by atoms with van der Waals surface area (Å²) < 4.78 is 0. The zero-order valence-corrected chi connectivity index (χ0v) is 10.0. The predicted molar refractivity (Wildman–Crippen MR) is 64.0 cm³/mol. The van der Waals surface area contributed by atoms with Gasteiger partial charge in [0, 0.05) is 12.0 Å². The molecule has 2 aliphatic carbocycles. The van der Waals surface area contributed by atoms with Gasteiger partial charge in [0.05, 0.1) is 5.60 Å². The van der Waals surface area contributed by atoms with E-state index < -0.39 is 5.60 Å². The Kier molecular flexibility index (Phi) is 2.54. The van der Waals surface area contributed by atoms with Crippen molar-refractivity contribution in [1.29, 1.82) is 0 Å². The van der Waals surface area contributed by atoms with E-state index in [1.165, 1.54) is 25.7 Å². The van der Waals surface area contributed by atoms with Gasteiger partial charge in [0.25, 0.3) is 0 Å². The highest BCUT2D eigenvalue weighted by Crippen LogP contribution is 2.61. The van der Waals surface area contributed by atoms with E-state index in [0.717, 1.165) is 31.8 Å². The van der Waals surface area contributed by atoms with E-state index in [4.69, 9.17) is 5.73 Å². The molecule has 0 amide bonds. The van der Waals surface area contributed by atoms with E-state index in [2.05, 4.69) is 5.32 Å². The molecule has 3 nitrogen and oxygen atoms in total. The van der Waals surface area contributed by atoms with Crippen LogP contribution in [0.25, 0.3) is 0 Å². The molecule has 0 radical (unpaired) electrons. The fraction of sp³-hybridized carbons (Fsp3) is 1.00. The number of piperidine rings is 1. The average Bonchev–Trinajstić information content (AvgIpc) is 2.90. The third-order valence-corrected chi connectivity index (χ3v) is 5.70. The molecule has 0 spiro atoms. The highest BCUT2D eigenvalue weighted by Gasteiger charge is 2.60. The van der Waals surface area contributed by atoms with Gasteiger partial charge >= 0.3 is 0 Å². The number of hydrogen-bond donors (Lipinski definition) is 3. The molecule has 4 N–H and O–H groups in total. The predicted octanol–water partition coefficient (Wildman–Crippen LogP) is 0.866. The first kappa shape index (κ1) is 11.0. The van der Waals surface area contributed by atoms with E-state index >= 15 is 0 Å². The number of nitrogens with one attached hydrogen (secondary N) is 1. The topological polar surface area (TPSA) is 58.3 Å². The van der Waals surface area contributed by atoms with Crippen molar-refractivity contribution < 1.29 is 5.11 Å². The van der Waals surface area contributed by atoms with Gasteiger partial charge in [0.2, 0.25) is 0 Å². The molecule has 16 heavy (non-hydrogen) atoms. The summed E-state index contributed by atoms with van der Waals surface area (Å²) in [6, 6.07) is 0. The van der Waals surface area contributed by atoms with Crippen molar-refractivity contribution in [2.24, 2.45) is 23.0 Å². The molecule has 1 heterocycles. The molecule has 2 saturated carbocycles. The minimum atomic E-state index is -0.479. The quantitative estimate of drug-likeness (QED) is 0.652. The van der Waals surface area contributed by atoms with E-state index in [-0.39, 0.29) is 5.41 Å². The number of nitrogens with two attached hydrogens (primary N) is 1. The molecule has 0 aromatic rings. The van der Waals surface area contributed by atoms with E-state index in [1.54, 1.807) is 0 Å². The van der Waals surface area contributed by atoms with Crippen molar-refractivity contribution in [3.63, 3.8) is 0 Å². The van der Waals surface area contributed by atoms with Crippen LogP contribution in [0.1, 0.15) is 38.5 Å². The van der Waals surface area contributed by atoms with Gasteiger partial charge in [-0.25, -0.2) is 0 Å². The maximum atomic E-state index is 11.0. The van der Waals surface area contributed by atoms with Crippen molar-refractivity contribution in [1.82, 2.24) is 5.32 Å². The average molecular weight is 224 g/mol. The highest BCUT2D eigenvalue weighted by atomic mass is 16.3. The number of hydrogen-bond acceptors (Lipinski definition) is 3. The van der Waals surface area contributed by atoms with Crippen LogP contribution in [0, 0.1) is 17.3 Å². The van der Waals surface area contributed by atoms with Crippen molar-refractivity contribution in [2.45, 2.75) is 44.1 Å². The molecule has 92 valence electrons. The second-order valence-corrected chi connectivity index (χ2v) is 6.22. The first-order chi connectivity index (χ1) is 7.70. The van der Waals surface area contributed by atoms with Crippen molar-refractivity contribution in [3.8, 4) is 0 Å². The van der Waals surface area contributed by atoms with Gasteiger partial charge < -0.3 is 16.2 Å². The van der Waals surface area contributed by atoms with E-state index in [0.29, 0.717) is 12.5 Å². The smallest absolute Gasteiger partial charge is 0.0742 e. The van der Waals surface area contributed by atoms with Crippen LogP contribution in [0.3, 0.4) is 0 Å². The Morgan fingerprint density at radius 3 is 2.50 bits per heavy atom. The Balaban J connectivity index is 1.89. The van der Waals surface area contributed by atoms with Crippen LogP contribution in [0.2, 0.25) is 0 Å². The van der Waals surface area contributed by atoms with Gasteiger partial charge in [-0.3, -0.25) is 0 Å². The summed E-state index contributed by atoms with van der Waals surface area (Å²) >= 11 is 0. The van der Waals surface area contributed by atoms with Crippen LogP contribution < -0.4 is 11.1 Å². The van der Waals surface area contributed by atoms with Gasteiger partial charge in [-0.2, -0.15) is 0 Å². The molecule has 1 aliphatic heterocycles. The van der Waals surface area contributed by atoms with Crippen LogP contribution in [-0.2, 0) is 0 Å². The molecule has 3 fully saturated rings. The van der Waals surface area contributed by atoms with Gasteiger partial charge in [0.1, 0.15) is 0 Å². The zero-order valence-electron chi connectivity index (χ0n) is 10.0. The third-order valence-electron chi connectivity index (χ3n) is 5.70. The van der Waals surface area contributed by atoms with Crippen molar-refractivity contribution >= 4 is 0 Å². The van der Waals surface area contributed by atoms with Crippen LogP contribution in [0.15, 0.2) is 0 Å². The molecule has 2 bridgehead atoms. The Bertz CT molecular complexity index is 275. The second kappa shape index (κ2) is 3.69. The van der Waals surface area contributed by atoms with Gasteiger partial charge in [0.15, 0.2) is 0 Å². The molecule has 0 aromatic heterocycles. The summed E-state index contributed by atoms with van der Waals surface area (Å²) in [6.07, 6.45) is 6.98. The lowest BCUT2D eigenvalue weighted by Gasteiger charge is -2.51. The van der Waals surface area contributed by atoms with Crippen LogP contribution >= 0.6 is 0 Å². The molecular weight excluding hydrogens is 200 g/mol. The lowest BCUT2D eigenvalue weighted by Crippen LogP contribution is -2.59. The molecular formula is C13H24N2O. The van der Waals surface area contributed by atoms with Crippen molar-refractivity contribution in [3.05, 3.63) is 0 Å². The minimum Gasteiger partial charge on any atom is -0.389 e. The number of rotatable bonds is 2. The second-order valence-electron chi connectivity index (χ2n) is 6.22. The lowest BCUT2D eigenvalue weighted by molar-refractivity contribution is -0.126. The van der Waals surface area contributed by atoms with Gasteiger partial charge in [-0.05, 0) is 57.0 Å². The van der Waals surface area contributed by atoms with Gasteiger partial charge in [-0.1, -0.05) is 6.42 Å². The molecule has 3 unspecified atom stereocenters. The summed E-state index contributed by atoms with van der Waals surface area (Å²) in [5.41, 5.74) is 5.67. The largest absolute Gasteiger partial charge is 0.389 e. The molecule has 3 aliphatic rings. The molecule has 3 heteroatoms. The number of aliphatic hydroxyl groups is 1. The fourth-order valence-corrected chi connectivity index (χ4v) is 4.79. The Morgan fingerprint density at radius 2 is 2.00 bits per heavy atom. The summed E-state index contributed by atoms with van der Waals surface area (Å²) in [5, 5.41) is 14.4. The first-order valence-electron chi connectivity index (χ1n) is 6.83. The zero-order chi connectivity index (χ0) is 11.2. The Hall–Kier alpha value is -0.120. The Morgan fingerprint density at radius 1 is 1.25 bits per heavy atom. The van der Waals surface area contributed by atoms with Crippen LogP contribution in [0.4, 0.5) is 0 Å². The summed E-state index contributed by atoms with van der Waals surface area (Å²) in [5.74, 6) is 1.55. The molecule has 0 aromatic carbocycles. The summed E-state index contributed by atoms with van der Waals surface area (Å²) in [4.78, 5) is 0. The van der Waals surface area contributed by atoms with E-state index in [1.807, 2.05) is 0 Å². The highest BCUT2D eigenvalue weighted by molar-refractivity contribution is 5.11. The van der Waals surface area contributed by atoms with E-state index in [9.17, 15) is 5.11 Å². The summed E-state index contributed by atoms with van der Waals surface area (Å²) in [6.45, 7) is 2.59. The fourth-order valence-electron chi connectivity index (χ4n) is 4.79. The SMILES string of the molecule is NCC1(C2(O)CCNCC2)CC2CCC1C2. The Labute approximate surface area is 97.8 Å². The third kappa shape index (κ3) is 1.31. The van der Waals surface area contributed by atoms with Crippen LogP contribution in [-0.4, -0.2) is 30.3 Å². The van der Waals surface area contributed by atoms with Gasteiger partial charge in [-0.15, -0.1) is 0 Å². The normalized spacial score (nSPS) is 46.1. The minimum absolute atomic E-state index is 0.0536. The number of fused-ring (bicyclic) bond motifs is 2. The maximum Gasteiger partial charge on any atom is 0.0742 e. The molecule has 3 rings (SSSR count). The standard InChI is InChI=1S/C13H24N2O/c14-9-12(8-10-1-2-11(12)7-10)13(16)3-5-15-6-4-13/h10-11,15-16H,1-9,14H2. The monoisotopic (exact) mass is 224 g/mol. The summed E-state index contributed by atoms with van der Waals surface area (Å²) in [7, 11) is 0. The molecule has 3 atom stereocenters. The van der Waals surface area contributed by atoms with Crippen LogP contribution in [0.5, 0.6) is 0 Å². The van der Waals surface area contributed by atoms with Crippen molar-refractivity contribution in [2.75, 3.05) is 19.6 Å².